The van der Waals surface area contributed by atoms with Gasteiger partial charge in [0, 0.05) is 12.2 Å². The molecule has 5 nitrogen and oxygen atoms in total. The molecular formula is C12H19N3O2. The molecule has 0 aliphatic carbocycles. The second kappa shape index (κ2) is 5.52. The number of aromatic carboxylic acids is 1. The third kappa shape index (κ3) is 3.62. The highest BCUT2D eigenvalue weighted by Gasteiger charge is 2.14. The van der Waals surface area contributed by atoms with E-state index in [2.05, 4.69) is 24.1 Å². The van der Waals surface area contributed by atoms with Crippen LogP contribution in [-0.4, -0.2) is 22.1 Å². The lowest BCUT2D eigenvalue weighted by Gasteiger charge is -2.18. The molecule has 1 atom stereocenters. The molecule has 0 bridgehead atoms. The first-order valence-corrected chi connectivity index (χ1v) is 5.66. The molecule has 0 saturated carbocycles. The largest absolute Gasteiger partial charge is 0.478 e. The van der Waals surface area contributed by atoms with Gasteiger partial charge in [0.05, 0.1) is 11.3 Å². The molecular weight excluding hydrogens is 218 g/mol. The van der Waals surface area contributed by atoms with Crippen molar-refractivity contribution in [1.29, 1.82) is 0 Å². The highest BCUT2D eigenvalue weighted by atomic mass is 16.4. The first kappa shape index (κ1) is 13.3. The number of carboxylic acids is 1. The highest BCUT2D eigenvalue weighted by Crippen LogP contribution is 2.21. The number of nitrogens with one attached hydrogen (secondary N) is 1. The summed E-state index contributed by atoms with van der Waals surface area (Å²) in [5.74, 6) is -0.0381. The van der Waals surface area contributed by atoms with Crippen LogP contribution >= 0.6 is 0 Å². The molecule has 1 unspecified atom stereocenters. The van der Waals surface area contributed by atoms with Crippen LogP contribution in [0.5, 0.6) is 0 Å². The predicted molar refractivity (Wildman–Crippen MR) is 68.1 cm³/mol. The lowest BCUT2D eigenvalue weighted by atomic mass is 10.1. The predicted octanol–water partition coefficient (Wildman–Crippen LogP) is 2.21. The van der Waals surface area contributed by atoms with Crippen molar-refractivity contribution in [3.8, 4) is 0 Å². The Bertz CT molecular complexity index is 405. The van der Waals surface area contributed by atoms with Crippen molar-refractivity contribution in [3.05, 3.63) is 17.8 Å². The van der Waals surface area contributed by atoms with Gasteiger partial charge in [-0.05, 0) is 25.3 Å². The maximum Gasteiger partial charge on any atom is 0.337 e. The standard InChI is InChI=1S/C12H19N3O2/c1-7(2)6-8(3)15-11-10(13)9(12(16)17)4-5-14-11/h4-5,7-8H,6,13H2,1-3H3,(H,14,15)(H,16,17). The number of hydrogen-bond acceptors (Lipinski definition) is 4. The Labute approximate surface area is 101 Å². The third-order valence-electron chi connectivity index (χ3n) is 2.43. The molecule has 1 rings (SSSR count). The molecule has 0 saturated heterocycles. The van der Waals surface area contributed by atoms with Gasteiger partial charge in [0.2, 0.25) is 0 Å². The van der Waals surface area contributed by atoms with E-state index in [0.717, 1.165) is 6.42 Å². The minimum absolute atomic E-state index is 0.0826. The van der Waals surface area contributed by atoms with Crippen LogP contribution in [0.2, 0.25) is 0 Å². The smallest absolute Gasteiger partial charge is 0.337 e. The van der Waals surface area contributed by atoms with Gasteiger partial charge in [-0.15, -0.1) is 0 Å². The Morgan fingerprint density at radius 2 is 2.18 bits per heavy atom. The molecule has 1 heterocycles. The Kier molecular flexibility index (Phi) is 4.31. The summed E-state index contributed by atoms with van der Waals surface area (Å²) in [6.45, 7) is 6.28. The molecule has 0 spiro atoms. The fraction of sp³-hybridized carbons (Fsp3) is 0.500. The van der Waals surface area contributed by atoms with Crippen LogP contribution in [-0.2, 0) is 0 Å². The minimum Gasteiger partial charge on any atom is -0.478 e. The zero-order valence-electron chi connectivity index (χ0n) is 10.4. The van der Waals surface area contributed by atoms with Crippen molar-refractivity contribution in [1.82, 2.24) is 4.98 Å². The first-order chi connectivity index (χ1) is 7.91. The molecule has 0 amide bonds. The van der Waals surface area contributed by atoms with E-state index >= 15 is 0 Å². The Balaban J connectivity index is 2.85. The molecule has 4 N–H and O–H groups in total. The van der Waals surface area contributed by atoms with Gasteiger partial charge in [-0.3, -0.25) is 0 Å². The maximum atomic E-state index is 10.9. The minimum atomic E-state index is -1.04. The van der Waals surface area contributed by atoms with E-state index in [9.17, 15) is 4.79 Å². The van der Waals surface area contributed by atoms with E-state index < -0.39 is 5.97 Å². The number of rotatable bonds is 5. The molecule has 0 aliphatic rings. The molecule has 0 aromatic carbocycles. The van der Waals surface area contributed by atoms with Gasteiger partial charge in [0.15, 0.2) is 0 Å². The maximum absolute atomic E-state index is 10.9. The number of hydrogen-bond donors (Lipinski definition) is 3. The van der Waals surface area contributed by atoms with E-state index in [4.69, 9.17) is 10.8 Å². The second-order valence-electron chi connectivity index (χ2n) is 4.60. The number of nitrogens with zero attached hydrogens (tertiary/aromatic N) is 1. The van der Waals surface area contributed by atoms with E-state index in [1.165, 1.54) is 12.3 Å². The Morgan fingerprint density at radius 1 is 1.53 bits per heavy atom. The summed E-state index contributed by atoms with van der Waals surface area (Å²) in [6, 6.07) is 1.60. The lowest BCUT2D eigenvalue weighted by molar-refractivity contribution is 0.0698. The summed E-state index contributed by atoms with van der Waals surface area (Å²) < 4.78 is 0. The normalized spacial score (nSPS) is 12.5. The number of pyridine rings is 1. The molecule has 94 valence electrons. The third-order valence-corrected chi connectivity index (χ3v) is 2.43. The van der Waals surface area contributed by atoms with E-state index in [0.29, 0.717) is 11.7 Å². The summed E-state index contributed by atoms with van der Waals surface area (Å²) in [4.78, 5) is 15.0. The Hall–Kier alpha value is -1.78. The van der Waals surface area contributed by atoms with Gasteiger partial charge in [0.25, 0.3) is 0 Å². The molecule has 0 fully saturated rings. The fourth-order valence-corrected chi connectivity index (χ4v) is 1.77. The lowest BCUT2D eigenvalue weighted by Crippen LogP contribution is -2.20. The summed E-state index contributed by atoms with van der Waals surface area (Å²) in [6.07, 6.45) is 2.42. The zero-order chi connectivity index (χ0) is 13.0. The number of anilines is 2. The van der Waals surface area contributed by atoms with E-state index in [1.54, 1.807) is 0 Å². The zero-order valence-corrected chi connectivity index (χ0v) is 10.4. The average Bonchev–Trinajstić information content (AvgIpc) is 2.19. The van der Waals surface area contributed by atoms with Crippen LogP contribution in [0.3, 0.4) is 0 Å². The van der Waals surface area contributed by atoms with Crippen LogP contribution in [0.15, 0.2) is 12.3 Å². The van der Waals surface area contributed by atoms with Gasteiger partial charge in [-0.2, -0.15) is 0 Å². The van der Waals surface area contributed by atoms with E-state index in [1.807, 2.05) is 6.92 Å². The molecule has 1 aromatic rings. The SMILES string of the molecule is CC(C)CC(C)Nc1nccc(C(=O)O)c1N. The highest BCUT2D eigenvalue weighted by molar-refractivity contribution is 5.96. The van der Waals surface area contributed by atoms with Crippen LogP contribution < -0.4 is 11.1 Å². The van der Waals surface area contributed by atoms with Crippen LogP contribution in [0, 0.1) is 5.92 Å². The first-order valence-electron chi connectivity index (χ1n) is 5.66. The Morgan fingerprint density at radius 3 is 2.71 bits per heavy atom. The molecule has 1 aromatic heterocycles. The average molecular weight is 237 g/mol. The van der Waals surface area contributed by atoms with Crippen molar-refractivity contribution in [3.63, 3.8) is 0 Å². The molecule has 5 heteroatoms. The number of aromatic nitrogens is 1. The quantitative estimate of drug-likeness (QED) is 0.730. The van der Waals surface area contributed by atoms with Crippen molar-refractivity contribution in [2.24, 2.45) is 5.92 Å². The van der Waals surface area contributed by atoms with Crippen LogP contribution in [0.1, 0.15) is 37.6 Å². The number of nitrogen functional groups attached to an aromatic ring is 1. The molecule has 0 radical (unpaired) electrons. The molecule has 0 aliphatic heterocycles. The van der Waals surface area contributed by atoms with Crippen molar-refractivity contribution in [2.75, 3.05) is 11.1 Å². The van der Waals surface area contributed by atoms with Crippen molar-refractivity contribution in [2.45, 2.75) is 33.2 Å². The topological polar surface area (TPSA) is 88.2 Å². The number of carboxylic acid groups (broad SMARTS) is 1. The monoisotopic (exact) mass is 237 g/mol. The van der Waals surface area contributed by atoms with E-state index in [-0.39, 0.29) is 17.3 Å². The molecule has 17 heavy (non-hydrogen) atoms. The number of nitrogens with two attached hydrogens (primary N) is 1. The van der Waals surface area contributed by atoms with Gasteiger partial charge < -0.3 is 16.2 Å². The van der Waals surface area contributed by atoms with Crippen molar-refractivity contribution < 1.29 is 9.90 Å². The summed E-state index contributed by atoms with van der Waals surface area (Å²) in [7, 11) is 0. The summed E-state index contributed by atoms with van der Waals surface area (Å²) in [5.41, 5.74) is 6.03. The van der Waals surface area contributed by atoms with Crippen molar-refractivity contribution >= 4 is 17.5 Å². The van der Waals surface area contributed by atoms with Gasteiger partial charge in [-0.25, -0.2) is 9.78 Å². The second-order valence-corrected chi connectivity index (χ2v) is 4.60. The summed E-state index contributed by atoms with van der Waals surface area (Å²) in [5, 5.41) is 12.1. The van der Waals surface area contributed by atoms with Crippen LogP contribution in [0.4, 0.5) is 11.5 Å². The number of carbonyl (C=O) groups is 1. The van der Waals surface area contributed by atoms with Gasteiger partial charge >= 0.3 is 5.97 Å². The van der Waals surface area contributed by atoms with Gasteiger partial charge in [-0.1, -0.05) is 13.8 Å². The van der Waals surface area contributed by atoms with Gasteiger partial charge in [0.1, 0.15) is 5.82 Å². The van der Waals surface area contributed by atoms with Crippen LogP contribution in [0.25, 0.3) is 0 Å². The summed E-state index contributed by atoms with van der Waals surface area (Å²) >= 11 is 0. The fourth-order valence-electron chi connectivity index (χ4n) is 1.77.